The summed E-state index contributed by atoms with van der Waals surface area (Å²) in [6.45, 7) is 2.67. The third-order valence-corrected chi connectivity index (χ3v) is 5.34. The molecule has 6 heteroatoms. The monoisotopic (exact) mass is 315 g/mol. The van der Waals surface area contributed by atoms with Crippen molar-refractivity contribution in [1.82, 2.24) is 14.4 Å². The van der Waals surface area contributed by atoms with E-state index in [1.807, 2.05) is 4.90 Å². The van der Waals surface area contributed by atoms with Gasteiger partial charge in [0.15, 0.2) is 0 Å². The minimum absolute atomic E-state index is 0.0785. The van der Waals surface area contributed by atoms with E-state index >= 15 is 0 Å². The van der Waals surface area contributed by atoms with Gasteiger partial charge in [0.05, 0.1) is 5.92 Å². The third-order valence-electron chi connectivity index (χ3n) is 5.34. The van der Waals surface area contributed by atoms with Crippen LogP contribution in [0.25, 0.3) is 0 Å². The average molecular weight is 315 g/mol. The van der Waals surface area contributed by atoms with E-state index < -0.39 is 0 Å². The normalized spacial score (nSPS) is 26.7. The lowest BCUT2D eigenvalue weighted by Crippen LogP contribution is -2.38. The molecule has 3 fully saturated rings. The van der Waals surface area contributed by atoms with E-state index in [-0.39, 0.29) is 34.8 Å². The van der Waals surface area contributed by atoms with Gasteiger partial charge in [-0.25, -0.2) is 0 Å². The minimum atomic E-state index is -0.281. The molecular weight excluding hydrogens is 294 g/mol. The predicted molar refractivity (Wildman–Crippen MR) is 83.9 cm³/mol. The second-order valence-corrected chi connectivity index (χ2v) is 7.10. The number of aryl methyl sites for hydroxylation is 1. The van der Waals surface area contributed by atoms with Crippen molar-refractivity contribution in [3.05, 3.63) is 34.2 Å². The molecule has 3 heterocycles. The summed E-state index contributed by atoms with van der Waals surface area (Å²) in [5, 5.41) is 0. The Bertz CT molecular complexity index is 722. The molecule has 1 aliphatic carbocycles. The maximum absolute atomic E-state index is 12.6. The van der Waals surface area contributed by atoms with Gasteiger partial charge in [0, 0.05) is 45.3 Å². The zero-order chi connectivity index (χ0) is 16.1. The van der Waals surface area contributed by atoms with Crippen LogP contribution in [-0.2, 0) is 11.8 Å². The molecule has 4 rings (SSSR count). The minimum Gasteiger partial charge on any atom is -0.342 e. The van der Waals surface area contributed by atoms with E-state index in [1.165, 1.54) is 17.4 Å². The van der Waals surface area contributed by atoms with Gasteiger partial charge in [-0.2, -0.15) is 0 Å². The number of carbonyl (C=O) groups is 2. The summed E-state index contributed by atoms with van der Waals surface area (Å²) < 4.78 is 1.41. The summed E-state index contributed by atoms with van der Waals surface area (Å²) in [5.41, 5.74) is -0.0893. The molecule has 2 atom stereocenters. The molecule has 23 heavy (non-hydrogen) atoms. The van der Waals surface area contributed by atoms with Crippen molar-refractivity contribution in [2.24, 2.45) is 24.8 Å². The van der Waals surface area contributed by atoms with E-state index in [0.717, 1.165) is 13.1 Å². The van der Waals surface area contributed by atoms with Gasteiger partial charge >= 0.3 is 0 Å². The van der Waals surface area contributed by atoms with Gasteiger partial charge in [-0.15, -0.1) is 0 Å². The summed E-state index contributed by atoms with van der Waals surface area (Å²) in [7, 11) is 1.64. The van der Waals surface area contributed by atoms with Gasteiger partial charge in [-0.1, -0.05) is 0 Å². The molecule has 1 saturated carbocycles. The Hall–Kier alpha value is -2.11. The number of likely N-dealkylation sites (tertiary alicyclic amines) is 2. The number of carbonyl (C=O) groups excluding carboxylic acids is 2. The van der Waals surface area contributed by atoms with Crippen LogP contribution in [0.1, 0.15) is 23.2 Å². The first-order valence-electron chi connectivity index (χ1n) is 8.28. The molecule has 2 amide bonds. The molecular formula is C17H21N3O3. The maximum Gasteiger partial charge on any atom is 0.263 e. The fraction of sp³-hybridized carbons (Fsp3) is 0.588. The first kappa shape index (κ1) is 14.5. The first-order chi connectivity index (χ1) is 11.0. The third kappa shape index (κ3) is 2.46. The number of pyridine rings is 1. The number of amides is 2. The van der Waals surface area contributed by atoms with Gasteiger partial charge in [0.25, 0.3) is 11.5 Å². The molecule has 2 aliphatic heterocycles. The summed E-state index contributed by atoms with van der Waals surface area (Å²) in [6, 6.07) is 3.27. The van der Waals surface area contributed by atoms with Crippen LogP contribution in [0.15, 0.2) is 23.1 Å². The summed E-state index contributed by atoms with van der Waals surface area (Å²) >= 11 is 0. The highest BCUT2D eigenvalue weighted by Gasteiger charge is 2.48. The smallest absolute Gasteiger partial charge is 0.263 e. The largest absolute Gasteiger partial charge is 0.342 e. The fourth-order valence-electron chi connectivity index (χ4n) is 3.82. The summed E-state index contributed by atoms with van der Waals surface area (Å²) in [5.74, 6) is 0.784. The van der Waals surface area contributed by atoms with E-state index in [2.05, 4.69) is 0 Å². The molecule has 122 valence electrons. The highest BCUT2D eigenvalue weighted by atomic mass is 16.2. The van der Waals surface area contributed by atoms with Crippen molar-refractivity contribution in [2.45, 2.75) is 12.8 Å². The van der Waals surface area contributed by atoms with Crippen LogP contribution in [0.3, 0.4) is 0 Å². The summed E-state index contributed by atoms with van der Waals surface area (Å²) in [4.78, 5) is 40.9. The van der Waals surface area contributed by atoms with Crippen LogP contribution in [0.4, 0.5) is 0 Å². The molecule has 0 bridgehead atoms. The van der Waals surface area contributed by atoms with Crippen molar-refractivity contribution in [2.75, 3.05) is 26.2 Å². The molecule has 0 N–H and O–H groups in total. The van der Waals surface area contributed by atoms with Gasteiger partial charge in [-0.05, 0) is 30.9 Å². The fourth-order valence-corrected chi connectivity index (χ4v) is 3.82. The van der Waals surface area contributed by atoms with Gasteiger partial charge in [0.2, 0.25) is 5.91 Å². The molecule has 1 aromatic rings. The van der Waals surface area contributed by atoms with Crippen LogP contribution in [0, 0.1) is 17.8 Å². The Morgan fingerprint density at radius 1 is 1.22 bits per heavy atom. The van der Waals surface area contributed by atoms with Crippen molar-refractivity contribution >= 4 is 11.8 Å². The Labute approximate surface area is 134 Å². The van der Waals surface area contributed by atoms with Crippen LogP contribution in [0.2, 0.25) is 0 Å². The standard InChI is InChI=1S/C17H21N3O3/c1-18-6-2-3-13(15(18)21)16(22)20-9-12-8-19(7-11-4-5-11)17(23)14(12)10-20/h2-3,6,11-12,14H,4-5,7-10H2,1H3/t12-,14+/m1/s1. The van der Waals surface area contributed by atoms with Crippen LogP contribution < -0.4 is 5.56 Å². The van der Waals surface area contributed by atoms with Gasteiger partial charge in [-0.3, -0.25) is 14.4 Å². The maximum atomic E-state index is 12.6. The summed E-state index contributed by atoms with van der Waals surface area (Å²) in [6.07, 6.45) is 4.11. The second-order valence-electron chi connectivity index (χ2n) is 7.10. The van der Waals surface area contributed by atoms with Gasteiger partial charge < -0.3 is 14.4 Å². The highest BCUT2D eigenvalue weighted by Crippen LogP contribution is 2.36. The lowest BCUT2D eigenvalue weighted by Gasteiger charge is -2.21. The quantitative estimate of drug-likeness (QED) is 0.807. The lowest BCUT2D eigenvalue weighted by atomic mass is 10.0. The Morgan fingerprint density at radius 3 is 2.70 bits per heavy atom. The zero-order valence-corrected chi connectivity index (χ0v) is 13.3. The SMILES string of the molecule is Cn1cccc(C(=O)N2C[C@H]3CN(CC4CC4)C(=O)[C@H]3C2)c1=O. The molecule has 6 nitrogen and oxygen atoms in total. The first-order valence-corrected chi connectivity index (χ1v) is 8.28. The highest BCUT2D eigenvalue weighted by molar-refractivity contribution is 5.95. The molecule has 0 radical (unpaired) electrons. The Balaban J connectivity index is 1.47. The van der Waals surface area contributed by atoms with E-state index in [0.29, 0.717) is 19.0 Å². The lowest BCUT2D eigenvalue weighted by molar-refractivity contribution is -0.131. The number of aromatic nitrogens is 1. The topological polar surface area (TPSA) is 62.6 Å². The number of fused-ring (bicyclic) bond motifs is 1. The van der Waals surface area contributed by atoms with E-state index in [1.54, 1.807) is 30.3 Å². The van der Waals surface area contributed by atoms with Crippen LogP contribution in [0.5, 0.6) is 0 Å². The van der Waals surface area contributed by atoms with Crippen molar-refractivity contribution < 1.29 is 9.59 Å². The number of hydrogen-bond donors (Lipinski definition) is 0. The number of hydrogen-bond acceptors (Lipinski definition) is 3. The van der Waals surface area contributed by atoms with E-state index in [4.69, 9.17) is 0 Å². The molecule has 0 aromatic carbocycles. The molecule has 3 aliphatic rings. The van der Waals surface area contributed by atoms with Crippen molar-refractivity contribution in [3.63, 3.8) is 0 Å². The average Bonchev–Trinajstić information content (AvgIpc) is 3.17. The number of rotatable bonds is 3. The zero-order valence-electron chi connectivity index (χ0n) is 13.3. The van der Waals surface area contributed by atoms with Crippen LogP contribution in [-0.4, -0.2) is 52.4 Å². The number of nitrogens with zero attached hydrogens (tertiary/aromatic N) is 3. The Kier molecular flexibility index (Phi) is 3.28. The van der Waals surface area contributed by atoms with Crippen molar-refractivity contribution in [1.29, 1.82) is 0 Å². The molecule has 1 aromatic heterocycles. The predicted octanol–water partition coefficient (Wildman–Crippen LogP) is 0.326. The van der Waals surface area contributed by atoms with Crippen molar-refractivity contribution in [3.8, 4) is 0 Å². The molecule has 2 saturated heterocycles. The van der Waals surface area contributed by atoms with Crippen LogP contribution >= 0.6 is 0 Å². The second kappa shape index (κ2) is 5.22. The molecule has 0 unspecified atom stereocenters. The van der Waals surface area contributed by atoms with Gasteiger partial charge in [0.1, 0.15) is 5.56 Å². The van der Waals surface area contributed by atoms with E-state index in [9.17, 15) is 14.4 Å². The Morgan fingerprint density at radius 2 is 2.00 bits per heavy atom. The molecule has 0 spiro atoms.